The summed E-state index contributed by atoms with van der Waals surface area (Å²) in [6.07, 6.45) is 3.72. The molecule has 1 heterocycles. The van der Waals surface area contributed by atoms with Crippen molar-refractivity contribution in [1.82, 2.24) is 4.57 Å². The highest BCUT2D eigenvalue weighted by Crippen LogP contribution is 2.28. The number of benzene rings is 3. The smallest absolute Gasteiger partial charge is 0.244 e. The number of rotatable bonds is 8. The van der Waals surface area contributed by atoms with Gasteiger partial charge in [0.2, 0.25) is 5.91 Å². The molecule has 0 aliphatic carbocycles. The summed E-state index contributed by atoms with van der Waals surface area (Å²) in [4.78, 5) is 12.9. The molecule has 0 saturated carbocycles. The third-order valence-corrected chi connectivity index (χ3v) is 5.59. The van der Waals surface area contributed by atoms with Gasteiger partial charge in [-0.2, -0.15) is 0 Å². The lowest BCUT2D eigenvalue weighted by Gasteiger charge is -2.15. The molecule has 0 atom stereocenters. The van der Waals surface area contributed by atoms with Gasteiger partial charge in [-0.25, -0.2) is 0 Å². The van der Waals surface area contributed by atoms with Crippen molar-refractivity contribution in [2.75, 3.05) is 5.32 Å². The van der Waals surface area contributed by atoms with E-state index in [1.807, 2.05) is 65.4 Å². The number of aromatic nitrogens is 1. The molecule has 0 aliphatic rings. The lowest BCUT2D eigenvalue weighted by molar-refractivity contribution is -0.116. The van der Waals surface area contributed by atoms with Crippen LogP contribution in [0.2, 0.25) is 0 Å². The normalized spacial score (nSPS) is 10.9. The summed E-state index contributed by atoms with van der Waals surface area (Å²) in [6.45, 7) is 4.99. The van der Waals surface area contributed by atoms with Crippen LogP contribution in [0.15, 0.2) is 79.0 Å². The fraction of sp³-hybridized carbons (Fsp3) is 0.222. The highest BCUT2D eigenvalue weighted by atomic mass is 16.5. The maximum absolute atomic E-state index is 12.9. The van der Waals surface area contributed by atoms with Crippen molar-refractivity contribution in [2.45, 2.75) is 39.8 Å². The second-order valence-corrected chi connectivity index (χ2v) is 7.61. The number of fused-ring (bicyclic) bond motifs is 1. The first-order valence-corrected chi connectivity index (χ1v) is 10.8. The van der Waals surface area contributed by atoms with Crippen LogP contribution in [0.4, 0.5) is 5.69 Å². The van der Waals surface area contributed by atoms with Crippen molar-refractivity contribution in [3.05, 3.63) is 95.7 Å². The maximum Gasteiger partial charge on any atom is 0.244 e. The van der Waals surface area contributed by atoms with Crippen LogP contribution in [0.3, 0.4) is 0 Å². The van der Waals surface area contributed by atoms with Crippen molar-refractivity contribution in [3.63, 3.8) is 0 Å². The van der Waals surface area contributed by atoms with Crippen LogP contribution in [-0.2, 0) is 30.8 Å². The molecular weight excluding hydrogens is 384 g/mol. The molecule has 0 fully saturated rings. The summed E-state index contributed by atoms with van der Waals surface area (Å²) in [6, 6.07) is 24.3. The summed E-state index contributed by atoms with van der Waals surface area (Å²) in [5.41, 5.74) is 5.41. The van der Waals surface area contributed by atoms with Crippen molar-refractivity contribution in [1.29, 1.82) is 0 Å². The van der Waals surface area contributed by atoms with Crippen LogP contribution in [0.5, 0.6) is 5.75 Å². The zero-order valence-electron chi connectivity index (χ0n) is 18.1. The molecule has 4 rings (SSSR count). The van der Waals surface area contributed by atoms with Crippen molar-refractivity contribution < 1.29 is 9.53 Å². The molecule has 0 radical (unpaired) electrons. The molecule has 31 heavy (non-hydrogen) atoms. The highest BCUT2D eigenvalue weighted by Gasteiger charge is 2.13. The van der Waals surface area contributed by atoms with Gasteiger partial charge in [-0.1, -0.05) is 68.4 Å². The quantitative estimate of drug-likeness (QED) is 0.387. The van der Waals surface area contributed by atoms with E-state index in [2.05, 4.69) is 37.4 Å². The average Bonchev–Trinajstić information content (AvgIpc) is 3.21. The number of carbonyl (C=O) groups is 1. The summed E-state index contributed by atoms with van der Waals surface area (Å²) in [7, 11) is 0. The van der Waals surface area contributed by atoms with E-state index in [0.717, 1.165) is 40.7 Å². The zero-order chi connectivity index (χ0) is 21.6. The van der Waals surface area contributed by atoms with Crippen LogP contribution in [0.25, 0.3) is 10.9 Å². The predicted molar refractivity (Wildman–Crippen MR) is 127 cm³/mol. The Morgan fingerprint density at radius 3 is 2.29 bits per heavy atom. The number of ether oxygens (including phenoxy) is 1. The number of nitrogens with one attached hydrogen (secondary N) is 1. The monoisotopic (exact) mass is 412 g/mol. The summed E-state index contributed by atoms with van der Waals surface area (Å²) in [5.74, 6) is 0.800. The first-order chi connectivity index (χ1) is 15.2. The van der Waals surface area contributed by atoms with E-state index in [9.17, 15) is 4.79 Å². The van der Waals surface area contributed by atoms with Gasteiger partial charge in [0.1, 0.15) is 18.9 Å². The highest BCUT2D eigenvalue weighted by molar-refractivity contribution is 5.94. The van der Waals surface area contributed by atoms with Crippen LogP contribution in [0.1, 0.15) is 30.5 Å². The second-order valence-electron chi connectivity index (χ2n) is 7.61. The van der Waals surface area contributed by atoms with Gasteiger partial charge >= 0.3 is 0 Å². The number of hydrogen-bond acceptors (Lipinski definition) is 2. The Labute approximate surface area is 183 Å². The van der Waals surface area contributed by atoms with E-state index in [4.69, 9.17) is 4.74 Å². The molecule has 1 amide bonds. The zero-order valence-corrected chi connectivity index (χ0v) is 18.1. The number of aryl methyl sites for hydroxylation is 2. The van der Waals surface area contributed by atoms with Crippen molar-refractivity contribution in [3.8, 4) is 5.75 Å². The predicted octanol–water partition coefficient (Wildman–Crippen LogP) is 5.98. The lowest BCUT2D eigenvalue weighted by atomic mass is 10.0. The molecule has 1 aromatic heterocycles. The first kappa shape index (κ1) is 20.7. The van der Waals surface area contributed by atoms with Gasteiger partial charge in [-0.05, 0) is 47.7 Å². The van der Waals surface area contributed by atoms with Gasteiger partial charge in [0.15, 0.2) is 0 Å². The Kier molecular flexibility index (Phi) is 6.37. The number of para-hydroxylation sites is 1. The number of amides is 1. The van der Waals surface area contributed by atoms with Gasteiger partial charge in [-0.3, -0.25) is 4.79 Å². The average molecular weight is 413 g/mol. The minimum Gasteiger partial charge on any atom is -0.488 e. The van der Waals surface area contributed by atoms with Gasteiger partial charge in [0, 0.05) is 17.3 Å². The molecule has 1 N–H and O–H groups in total. The molecule has 0 aliphatic heterocycles. The Morgan fingerprint density at radius 2 is 1.58 bits per heavy atom. The fourth-order valence-electron chi connectivity index (χ4n) is 3.93. The lowest BCUT2D eigenvalue weighted by Crippen LogP contribution is -2.20. The number of carbonyl (C=O) groups excluding carboxylic acids is 1. The van der Waals surface area contributed by atoms with E-state index < -0.39 is 0 Å². The minimum absolute atomic E-state index is 0.0243. The summed E-state index contributed by atoms with van der Waals surface area (Å²) in [5, 5.41) is 4.16. The maximum atomic E-state index is 12.9. The van der Waals surface area contributed by atoms with E-state index in [0.29, 0.717) is 6.61 Å². The number of anilines is 1. The van der Waals surface area contributed by atoms with Crippen LogP contribution in [0, 0.1) is 0 Å². The standard InChI is InChI=1S/C27H28N2O2/c1-3-21-12-8-13-22(4-2)27(21)28-26(30)18-29-17-16-23-24(29)14-9-15-25(23)31-19-20-10-6-5-7-11-20/h5-17H,3-4,18-19H2,1-2H3,(H,28,30). The number of hydrogen-bond donors (Lipinski definition) is 1. The van der Waals surface area contributed by atoms with Gasteiger partial charge in [0.25, 0.3) is 0 Å². The van der Waals surface area contributed by atoms with Gasteiger partial charge in [0.05, 0.1) is 5.52 Å². The Balaban J connectivity index is 1.51. The van der Waals surface area contributed by atoms with Crippen LogP contribution < -0.4 is 10.1 Å². The Morgan fingerprint density at radius 1 is 0.871 bits per heavy atom. The molecule has 0 spiro atoms. The Hall–Kier alpha value is -3.53. The molecule has 4 heteroatoms. The second kappa shape index (κ2) is 9.52. The Bertz CT molecular complexity index is 1160. The molecule has 3 aromatic carbocycles. The SMILES string of the molecule is CCc1cccc(CC)c1NC(=O)Cn1ccc2c(OCc3ccccc3)cccc21. The largest absolute Gasteiger partial charge is 0.488 e. The molecular formula is C27H28N2O2. The summed E-state index contributed by atoms with van der Waals surface area (Å²) < 4.78 is 8.04. The van der Waals surface area contributed by atoms with E-state index >= 15 is 0 Å². The molecule has 4 aromatic rings. The third kappa shape index (κ3) is 4.64. The molecule has 4 nitrogen and oxygen atoms in total. The molecule has 158 valence electrons. The van der Waals surface area contributed by atoms with E-state index in [1.54, 1.807) is 0 Å². The van der Waals surface area contributed by atoms with Gasteiger partial charge < -0.3 is 14.6 Å². The minimum atomic E-state index is -0.0243. The molecule has 0 unspecified atom stereocenters. The van der Waals surface area contributed by atoms with Crippen molar-refractivity contribution >= 4 is 22.5 Å². The molecule has 0 bridgehead atoms. The topological polar surface area (TPSA) is 43.3 Å². The van der Waals surface area contributed by atoms with Crippen LogP contribution in [-0.4, -0.2) is 10.5 Å². The van der Waals surface area contributed by atoms with Crippen molar-refractivity contribution in [2.24, 2.45) is 0 Å². The number of nitrogens with zero attached hydrogens (tertiary/aromatic N) is 1. The summed E-state index contributed by atoms with van der Waals surface area (Å²) >= 11 is 0. The van der Waals surface area contributed by atoms with Crippen LogP contribution >= 0.6 is 0 Å². The van der Waals surface area contributed by atoms with E-state index in [1.165, 1.54) is 11.1 Å². The van der Waals surface area contributed by atoms with E-state index in [-0.39, 0.29) is 12.5 Å². The third-order valence-electron chi connectivity index (χ3n) is 5.59. The van der Waals surface area contributed by atoms with Gasteiger partial charge in [-0.15, -0.1) is 0 Å². The molecule has 0 saturated heterocycles. The fourth-order valence-corrected chi connectivity index (χ4v) is 3.93. The first-order valence-electron chi connectivity index (χ1n) is 10.8.